The molecule has 2 rings (SSSR count). The van der Waals surface area contributed by atoms with E-state index in [4.69, 9.17) is 6.42 Å². The molecule has 0 amide bonds. The smallest absolute Gasteiger partial charge is 0.205 e. The van der Waals surface area contributed by atoms with Crippen molar-refractivity contribution in [1.82, 2.24) is 25.4 Å². The normalized spacial score (nSPS) is 10.1. The molecule has 0 aromatic carbocycles. The summed E-state index contributed by atoms with van der Waals surface area (Å²) in [4.78, 5) is 8.17. The summed E-state index contributed by atoms with van der Waals surface area (Å²) in [6.07, 6.45) is 6.72. The Labute approximate surface area is 78.4 Å². The molecule has 2 aromatic rings. The lowest BCUT2D eigenvalue weighted by molar-refractivity contribution is 0.947. The van der Waals surface area contributed by atoms with Gasteiger partial charge in [-0.25, -0.2) is 4.98 Å². The van der Waals surface area contributed by atoms with Crippen molar-refractivity contribution in [3.8, 4) is 12.3 Å². The van der Waals surface area contributed by atoms with Gasteiger partial charge in [0.05, 0.1) is 11.9 Å². The summed E-state index contributed by atoms with van der Waals surface area (Å²) >= 11 is 1.40. The lowest BCUT2D eigenvalue weighted by Crippen LogP contribution is -1.87. The van der Waals surface area contributed by atoms with Gasteiger partial charge in [-0.2, -0.15) is 15.3 Å². The third-order valence-corrected chi connectivity index (χ3v) is 2.10. The zero-order valence-corrected chi connectivity index (χ0v) is 7.38. The molecule has 13 heavy (non-hydrogen) atoms. The topological polar surface area (TPSA) is 67.3 Å². The highest BCUT2D eigenvalue weighted by molar-refractivity contribution is 7.99. The zero-order valence-electron chi connectivity index (χ0n) is 6.56. The highest BCUT2D eigenvalue weighted by Crippen LogP contribution is 2.13. The quantitative estimate of drug-likeness (QED) is 0.424. The van der Waals surface area contributed by atoms with Gasteiger partial charge in [0.15, 0.2) is 5.16 Å². The molecular weight excluding hydrogens is 186 g/mol. The minimum atomic E-state index is 0.559. The first-order valence-electron chi connectivity index (χ1n) is 3.50. The molecule has 0 aliphatic carbocycles. The Bertz CT molecular complexity index is 457. The number of rotatable bonds is 2. The summed E-state index contributed by atoms with van der Waals surface area (Å²) in [6, 6.07) is 0. The van der Waals surface area contributed by atoms with Gasteiger partial charge in [-0.05, 0) is 0 Å². The van der Waals surface area contributed by atoms with Crippen LogP contribution in [0.15, 0.2) is 11.4 Å². The molecule has 0 saturated heterocycles. The molecule has 0 aliphatic heterocycles. The fourth-order valence-electron chi connectivity index (χ4n) is 0.814. The zero-order chi connectivity index (χ0) is 9.10. The van der Waals surface area contributed by atoms with Gasteiger partial charge in [-0.15, -0.1) is 11.5 Å². The predicted molar refractivity (Wildman–Crippen MR) is 49.0 cm³/mol. The minimum absolute atomic E-state index is 0.559. The summed E-state index contributed by atoms with van der Waals surface area (Å²) < 4.78 is 0. The summed E-state index contributed by atoms with van der Waals surface area (Å²) in [5.41, 5.74) is 1.22. The maximum Gasteiger partial charge on any atom is 0.205 e. The number of hydrogen-bond donors (Lipinski definition) is 1. The Morgan fingerprint density at radius 3 is 3.31 bits per heavy atom. The van der Waals surface area contributed by atoms with Crippen LogP contribution in [0.25, 0.3) is 11.2 Å². The lowest BCUT2D eigenvalue weighted by atomic mass is 10.6. The van der Waals surface area contributed by atoms with Gasteiger partial charge < -0.3 is 0 Å². The maximum absolute atomic E-state index is 5.11. The van der Waals surface area contributed by atoms with Gasteiger partial charge in [0.1, 0.15) is 5.52 Å². The van der Waals surface area contributed by atoms with E-state index in [1.165, 1.54) is 11.8 Å². The van der Waals surface area contributed by atoms with E-state index in [0.717, 1.165) is 0 Å². The third kappa shape index (κ3) is 1.60. The van der Waals surface area contributed by atoms with Crippen molar-refractivity contribution in [1.29, 1.82) is 0 Å². The van der Waals surface area contributed by atoms with Crippen LogP contribution < -0.4 is 0 Å². The van der Waals surface area contributed by atoms with Crippen LogP contribution in [0.1, 0.15) is 0 Å². The van der Waals surface area contributed by atoms with Crippen LogP contribution in [-0.4, -0.2) is 31.1 Å². The third-order valence-electron chi connectivity index (χ3n) is 1.34. The number of nitrogens with one attached hydrogen (secondary N) is 1. The average Bonchev–Trinajstić information content (AvgIpc) is 2.61. The molecule has 0 saturated carbocycles. The van der Waals surface area contributed by atoms with Crippen molar-refractivity contribution in [2.45, 2.75) is 5.16 Å². The van der Waals surface area contributed by atoms with Crippen molar-refractivity contribution in [3.05, 3.63) is 6.20 Å². The van der Waals surface area contributed by atoms with E-state index in [0.29, 0.717) is 22.1 Å². The Kier molecular flexibility index (Phi) is 2.10. The van der Waals surface area contributed by atoms with E-state index >= 15 is 0 Å². The van der Waals surface area contributed by atoms with Crippen LogP contribution in [0.3, 0.4) is 0 Å². The lowest BCUT2D eigenvalue weighted by Gasteiger charge is -1.92. The summed E-state index contributed by atoms with van der Waals surface area (Å²) in [5, 5.41) is 10.8. The average molecular weight is 191 g/mol. The first kappa shape index (κ1) is 8.01. The molecule has 1 N–H and O–H groups in total. The number of nitrogens with zero attached hydrogens (tertiary/aromatic N) is 4. The SMILES string of the molecule is C#CCSc1ncc2n[nH]nc2n1. The Hall–Kier alpha value is -1.61. The molecule has 5 nitrogen and oxygen atoms in total. The second-order valence-electron chi connectivity index (χ2n) is 2.18. The van der Waals surface area contributed by atoms with Crippen molar-refractivity contribution >= 4 is 22.9 Å². The van der Waals surface area contributed by atoms with E-state index < -0.39 is 0 Å². The number of aromatic amines is 1. The standard InChI is InChI=1S/C7H5N5S/c1-2-3-13-7-8-4-5-6(9-7)11-12-10-5/h1,4H,3H2,(H,8,9,10,11,12). The van der Waals surface area contributed by atoms with E-state index in [9.17, 15) is 0 Å². The molecule has 0 unspecified atom stereocenters. The van der Waals surface area contributed by atoms with Gasteiger partial charge in [-0.1, -0.05) is 17.7 Å². The molecule has 2 aromatic heterocycles. The Balaban J connectivity index is 2.33. The van der Waals surface area contributed by atoms with E-state index in [2.05, 4.69) is 31.3 Å². The molecule has 0 atom stereocenters. The minimum Gasteiger partial charge on any atom is -0.229 e. The molecule has 0 fully saturated rings. The predicted octanol–water partition coefficient (Wildman–Crippen LogP) is 0.473. The van der Waals surface area contributed by atoms with Gasteiger partial charge in [0.2, 0.25) is 5.65 Å². The van der Waals surface area contributed by atoms with Crippen molar-refractivity contribution < 1.29 is 0 Å². The first-order chi connectivity index (χ1) is 6.40. The largest absolute Gasteiger partial charge is 0.229 e. The molecule has 0 spiro atoms. The number of terminal acetylenes is 1. The highest BCUT2D eigenvalue weighted by atomic mass is 32.2. The van der Waals surface area contributed by atoms with E-state index in [1.807, 2.05) is 0 Å². The molecule has 64 valence electrons. The summed E-state index contributed by atoms with van der Waals surface area (Å²) in [6.45, 7) is 0. The van der Waals surface area contributed by atoms with Gasteiger partial charge in [-0.3, -0.25) is 0 Å². The van der Waals surface area contributed by atoms with Gasteiger partial charge >= 0.3 is 0 Å². The van der Waals surface area contributed by atoms with Crippen molar-refractivity contribution in [2.24, 2.45) is 0 Å². The maximum atomic E-state index is 5.11. The number of fused-ring (bicyclic) bond motifs is 1. The van der Waals surface area contributed by atoms with Crippen LogP contribution in [0.4, 0.5) is 0 Å². The van der Waals surface area contributed by atoms with Crippen LogP contribution in [-0.2, 0) is 0 Å². The summed E-state index contributed by atoms with van der Waals surface area (Å²) in [7, 11) is 0. The number of thioether (sulfide) groups is 1. The molecular formula is C7H5N5S. The Morgan fingerprint density at radius 2 is 2.46 bits per heavy atom. The molecule has 6 heteroatoms. The number of aromatic nitrogens is 5. The van der Waals surface area contributed by atoms with Crippen LogP contribution in [0, 0.1) is 12.3 Å². The number of hydrogen-bond acceptors (Lipinski definition) is 5. The fraction of sp³-hybridized carbons (Fsp3) is 0.143. The second kappa shape index (κ2) is 3.41. The first-order valence-corrected chi connectivity index (χ1v) is 4.48. The molecule has 2 heterocycles. The van der Waals surface area contributed by atoms with Gasteiger partial charge in [0, 0.05) is 0 Å². The van der Waals surface area contributed by atoms with Crippen LogP contribution in [0.2, 0.25) is 0 Å². The van der Waals surface area contributed by atoms with E-state index in [1.54, 1.807) is 6.20 Å². The fourth-order valence-corrected chi connectivity index (χ4v) is 1.30. The Morgan fingerprint density at radius 1 is 1.54 bits per heavy atom. The highest BCUT2D eigenvalue weighted by Gasteiger charge is 2.02. The molecule has 0 radical (unpaired) electrons. The van der Waals surface area contributed by atoms with Gasteiger partial charge in [0.25, 0.3) is 0 Å². The second-order valence-corrected chi connectivity index (χ2v) is 3.12. The monoisotopic (exact) mass is 191 g/mol. The van der Waals surface area contributed by atoms with Crippen molar-refractivity contribution in [3.63, 3.8) is 0 Å². The number of H-pyrrole nitrogens is 1. The van der Waals surface area contributed by atoms with Crippen LogP contribution >= 0.6 is 11.8 Å². The molecule has 0 aliphatic rings. The van der Waals surface area contributed by atoms with Crippen molar-refractivity contribution in [2.75, 3.05) is 5.75 Å². The van der Waals surface area contributed by atoms with Crippen LogP contribution in [0.5, 0.6) is 0 Å². The summed E-state index contributed by atoms with van der Waals surface area (Å²) in [5.74, 6) is 3.06. The van der Waals surface area contributed by atoms with E-state index in [-0.39, 0.29) is 0 Å². The molecule has 0 bridgehead atoms.